The minimum atomic E-state index is -4.23. The van der Waals surface area contributed by atoms with E-state index in [1.165, 1.54) is 0 Å². The smallest absolute Gasteiger partial charge is 0.300 e. The van der Waals surface area contributed by atoms with Crippen LogP contribution >= 0.6 is 0 Å². The third-order valence-corrected chi connectivity index (χ3v) is 2.74. The molecule has 0 aliphatic carbocycles. The van der Waals surface area contributed by atoms with Gasteiger partial charge in [-0.3, -0.25) is 0 Å². The summed E-state index contributed by atoms with van der Waals surface area (Å²) in [5.41, 5.74) is 0.396. The first kappa shape index (κ1) is 10.5. The molecule has 4 heteroatoms. The van der Waals surface area contributed by atoms with Crippen LogP contribution < -0.4 is 0 Å². The maximum atomic E-state index is 12.2. The van der Waals surface area contributed by atoms with Gasteiger partial charge < -0.3 is 4.90 Å². The molecule has 1 unspecified atom stereocenters. The van der Waals surface area contributed by atoms with Gasteiger partial charge in [0.2, 0.25) is 0 Å². The topological polar surface area (TPSA) is 3.01 Å². The van der Waals surface area contributed by atoms with Crippen LogP contribution in [0.25, 0.3) is 0 Å². The first-order valence-corrected chi connectivity index (χ1v) is 4.83. The standard InChI is InChI=1S/C11H12F3N/c1-15-7-10(15)6-8-2-4-9(5-3-8)11(12,13)14/h2-5,10H,6-7H2,1H3/t10-,15?/m0/s1. The Morgan fingerprint density at radius 2 is 1.80 bits per heavy atom. The second kappa shape index (κ2) is 3.52. The highest BCUT2D eigenvalue weighted by molar-refractivity contribution is 5.25. The third kappa shape index (κ3) is 2.50. The van der Waals surface area contributed by atoms with E-state index in [2.05, 4.69) is 4.90 Å². The average Bonchev–Trinajstić information content (AvgIpc) is 2.81. The fourth-order valence-corrected chi connectivity index (χ4v) is 1.61. The van der Waals surface area contributed by atoms with Crippen LogP contribution in [0.3, 0.4) is 0 Å². The Labute approximate surface area is 86.5 Å². The van der Waals surface area contributed by atoms with Gasteiger partial charge in [-0.25, -0.2) is 0 Å². The van der Waals surface area contributed by atoms with E-state index >= 15 is 0 Å². The van der Waals surface area contributed by atoms with Gasteiger partial charge in [0.25, 0.3) is 0 Å². The summed E-state index contributed by atoms with van der Waals surface area (Å²) < 4.78 is 36.7. The van der Waals surface area contributed by atoms with Crippen molar-refractivity contribution in [3.05, 3.63) is 35.4 Å². The maximum absolute atomic E-state index is 12.2. The fourth-order valence-electron chi connectivity index (χ4n) is 1.61. The monoisotopic (exact) mass is 215 g/mol. The summed E-state index contributed by atoms with van der Waals surface area (Å²) in [5, 5.41) is 0. The van der Waals surface area contributed by atoms with E-state index in [0.29, 0.717) is 6.04 Å². The second-order valence-electron chi connectivity index (χ2n) is 3.99. The van der Waals surface area contributed by atoms with Gasteiger partial charge in [-0.05, 0) is 31.2 Å². The first-order valence-electron chi connectivity index (χ1n) is 4.83. The second-order valence-corrected chi connectivity index (χ2v) is 3.99. The van der Waals surface area contributed by atoms with E-state index in [0.717, 1.165) is 30.7 Å². The Balaban J connectivity index is 2.04. The number of alkyl halides is 3. The molecule has 1 saturated heterocycles. The van der Waals surface area contributed by atoms with E-state index in [4.69, 9.17) is 0 Å². The van der Waals surface area contributed by atoms with Crippen molar-refractivity contribution < 1.29 is 13.2 Å². The Kier molecular flexibility index (Phi) is 2.46. The van der Waals surface area contributed by atoms with Crippen LogP contribution in [-0.2, 0) is 12.6 Å². The number of hydrogen-bond acceptors (Lipinski definition) is 1. The zero-order chi connectivity index (χ0) is 11.1. The lowest BCUT2D eigenvalue weighted by Crippen LogP contribution is -2.05. The summed E-state index contributed by atoms with van der Waals surface area (Å²) in [6.07, 6.45) is -3.39. The first-order chi connectivity index (χ1) is 6.97. The lowest BCUT2D eigenvalue weighted by atomic mass is 10.1. The number of benzene rings is 1. The molecule has 0 radical (unpaired) electrons. The van der Waals surface area contributed by atoms with Crippen molar-refractivity contribution in [2.24, 2.45) is 0 Å². The summed E-state index contributed by atoms with van der Waals surface area (Å²) in [4.78, 5) is 2.16. The Morgan fingerprint density at radius 1 is 1.27 bits per heavy atom. The zero-order valence-corrected chi connectivity index (χ0v) is 8.38. The summed E-state index contributed by atoms with van der Waals surface area (Å²) in [5.74, 6) is 0. The van der Waals surface area contributed by atoms with Gasteiger partial charge in [-0.2, -0.15) is 13.2 Å². The maximum Gasteiger partial charge on any atom is 0.416 e. The highest BCUT2D eigenvalue weighted by atomic mass is 19.4. The molecule has 1 nitrogen and oxygen atoms in total. The van der Waals surface area contributed by atoms with E-state index < -0.39 is 11.7 Å². The van der Waals surface area contributed by atoms with Crippen LogP contribution in [0.15, 0.2) is 24.3 Å². The summed E-state index contributed by atoms with van der Waals surface area (Å²) in [7, 11) is 2.01. The molecule has 1 aromatic rings. The van der Waals surface area contributed by atoms with Crippen LogP contribution in [0, 0.1) is 0 Å². The van der Waals surface area contributed by atoms with Crippen molar-refractivity contribution >= 4 is 0 Å². The molecule has 0 saturated carbocycles. The minimum Gasteiger partial charge on any atom is -0.300 e. The molecule has 2 rings (SSSR count). The molecular weight excluding hydrogens is 203 g/mol. The molecule has 0 bridgehead atoms. The van der Waals surface area contributed by atoms with Crippen molar-refractivity contribution in [2.45, 2.75) is 18.6 Å². The van der Waals surface area contributed by atoms with Crippen LogP contribution in [0.1, 0.15) is 11.1 Å². The van der Waals surface area contributed by atoms with Crippen LogP contribution in [0.5, 0.6) is 0 Å². The third-order valence-electron chi connectivity index (χ3n) is 2.74. The van der Waals surface area contributed by atoms with E-state index in [1.807, 2.05) is 7.05 Å². The van der Waals surface area contributed by atoms with Gasteiger partial charge in [0.05, 0.1) is 5.56 Å². The molecule has 0 spiro atoms. The molecule has 1 aliphatic rings. The van der Waals surface area contributed by atoms with Crippen molar-refractivity contribution in [3.8, 4) is 0 Å². The molecule has 1 aromatic carbocycles. The Morgan fingerprint density at radius 3 is 2.20 bits per heavy atom. The minimum absolute atomic E-state index is 0.515. The van der Waals surface area contributed by atoms with Crippen molar-refractivity contribution in [3.63, 3.8) is 0 Å². The van der Waals surface area contributed by atoms with Gasteiger partial charge >= 0.3 is 6.18 Å². The molecule has 1 heterocycles. The van der Waals surface area contributed by atoms with Gasteiger partial charge in [0.15, 0.2) is 0 Å². The van der Waals surface area contributed by atoms with Crippen LogP contribution in [-0.4, -0.2) is 24.5 Å². The molecule has 1 aliphatic heterocycles. The van der Waals surface area contributed by atoms with E-state index in [-0.39, 0.29) is 0 Å². The number of likely N-dealkylation sites (N-methyl/N-ethyl adjacent to an activating group) is 1. The Hall–Kier alpha value is -1.03. The van der Waals surface area contributed by atoms with E-state index in [1.54, 1.807) is 12.1 Å². The fraction of sp³-hybridized carbons (Fsp3) is 0.455. The van der Waals surface area contributed by atoms with Gasteiger partial charge in [-0.15, -0.1) is 0 Å². The van der Waals surface area contributed by atoms with Crippen molar-refractivity contribution in [1.29, 1.82) is 0 Å². The number of nitrogens with zero attached hydrogens (tertiary/aromatic N) is 1. The van der Waals surface area contributed by atoms with Crippen molar-refractivity contribution in [2.75, 3.05) is 13.6 Å². The van der Waals surface area contributed by atoms with Crippen molar-refractivity contribution in [1.82, 2.24) is 4.90 Å². The molecule has 0 amide bonds. The molecular formula is C11H12F3N. The van der Waals surface area contributed by atoms with Crippen LogP contribution in [0.2, 0.25) is 0 Å². The summed E-state index contributed by atoms with van der Waals surface area (Å²) in [6.45, 7) is 1.04. The highest BCUT2D eigenvalue weighted by Gasteiger charge is 2.31. The number of halogens is 3. The highest BCUT2D eigenvalue weighted by Crippen LogP contribution is 2.29. The molecule has 0 aromatic heterocycles. The summed E-state index contributed by atoms with van der Waals surface area (Å²) >= 11 is 0. The quantitative estimate of drug-likeness (QED) is 0.685. The average molecular weight is 215 g/mol. The van der Waals surface area contributed by atoms with Gasteiger partial charge in [0.1, 0.15) is 0 Å². The zero-order valence-electron chi connectivity index (χ0n) is 8.38. The SMILES string of the molecule is CN1C[C@@H]1Cc1ccc(C(F)(F)F)cc1. The Bertz CT molecular complexity index is 342. The number of rotatable bonds is 2. The molecule has 1 fully saturated rings. The van der Waals surface area contributed by atoms with Crippen LogP contribution in [0.4, 0.5) is 13.2 Å². The molecule has 2 atom stereocenters. The summed E-state index contributed by atoms with van der Waals surface area (Å²) in [6, 6.07) is 5.95. The number of hydrogen-bond donors (Lipinski definition) is 0. The van der Waals surface area contributed by atoms with Gasteiger partial charge in [-0.1, -0.05) is 12.1 Å². The molecule has 15 heavy (non-hydrogen) atoms. The lowest BCUT2D eigenvalue weighted by Gasteiger charge is -2.07. The largest absolute Gasteiger partial charge is 0.416 e. The predicted molar refractivity (Wildman–Crippen MR) is 51.6 cm³/mol. The molecule has 0 N–H and O–H groups in total. The lowest BCUT2D eigenvalue weighted by molar-refractivity contribution is -0.137. The van der Waals surface area contributed by atoms with E-state index in [9.17, 15) is 13.2 Å². The normalized spacial score (nSPS) is 25.3. The predicted octanol–water partition coefficient (Wildman–Crippen LogP) is 2.56. The molecule has 82 valence electrons. The van der Waals surface area contributed by atoms with Gasteiger partial charge in [0, 0.05) is 12.6 Å².